The van der Waals surface area contributed by atoms with Crippen molar-refractivity contribution in [3.05, 3.63) is 28.2 Å². The first-order chi connectivity index (χ1) is 5.74. The maximum absolute atomic E-state index is 5.67. The number of hydrogen-bond acceptors (Lipinski definition) is 3. The highest BCUT2D eigenvalue weighted by Crippen LogP contribution is 2.20. The SMILES string of the molecule is NOCCc1ccc(Br)c(N)c1. The molecule has 0 radical (unpaired) electrons. The Morgan fingerprint density at radius 1 is 1.42 bits per heavy atom. The topological polar surface area (TPSA) is 61.3 Å². The van der Waals surface area contributed by atoms with Gasteiger partial charge in [-0.15, -0.1) is 0 Å². The van der Waals surface area contributed by atoms with Gasteiger partial charge in [0.15, 0.2) is 0 Å². The molecule has 0 saturated heterocycles. The van der Waals surface area contributed by atoms with E-state index >= 15 is 0 Å². The van der Waals surface area contributed by atoms with Crippen molar-refractivity contribution in [1.82, 2.24) is 0 Å². The predicted octanol–water partition coefficient (Wildman–Crippen LogP) is 1.46. The fraction of sp³-hybridized carbons (Fsp3) is 0.250. The zero-order chi connectivity index (χ0) is 8.97. The van der Waals surface area contributed by atoms with Crippen molar-refractivity contribution in [1.29, 1.82) is 0 Å². The molecule has 4 N–H and O–H groups in total. The van der Waals surface area contributed by atoms with Gasteiger partial charge in [0.2, 0.25) is 0 Å². The first kappa shape index (κ1) is 9.51. The Bertz CT molecular complexity index is 265. The van der Waals surface area contributed by atoms with Gasteiger partial charge < -0.3 is 10.6 Å². The molecule has 0 aromatic heterocycles. The molecule has 0 spiro atoms. The average Bonchev–Trinajstić information content (AvgIpc) is 2.07. The molecule has 0 aliphatic carbocycles. The number of nitrogen functional groups attached to an aromatic ring is 1. The first-order valence-corrected chi connectivity index (χ1v) is 4.39. The molecule has 0 aliphatic heterocycles. The minimum Gasteiger partial charge on any atom is -0.398 e. The summed E-state index contributed by atoms with van der Waals surface area (Å²) in [6.45, 7) is 0.515. The van der Waals surface area contributed by atoms with Gasteiger partial charge in [0, 0.05) is 10.2 Å². The van der Waals surface area contributed by atoms with Crippen LogP contribution in [0.2, 0.25) is 0 Å². The van der Waals surface area contributed by atoms with Crippen LogP contribution < -0.4 is 11.6 Å². The lowest BCUT2D eigenvalue weighted by Crippen LogP contribution is -2.03. The van der Waals surface area contributed by atoms with Crippen LogP contribution in [0.4, 0.5) is 5.69 Å². The third-order valence-electron chi connectivity index (χ3n) is 1.57. The largest absolute Gasteiger partial charge is 0.398 e. The summed E-state index contributed by atoms with van der Waals surface area (Å²) >= 11 is 3.32. The number of benzene rings is 1. The molecule has 0 saturated carbocycles. The molecule has 12 heavy (non-hydrogen) atoms. The summed E-state index contributed by atoms with van der Waals surface area (Å²) in [6, 6.07) is 5.81. The smallest absolute Gasteiger partial charge is 0.0719 e. The second kappa shape index (κ2) is 4.45. The summed E-state index contributed by atoms with van der Waals surface area (Å²) in [6.07, 6.45) is 0.786. The lowest BCUT2D eigenvalue weighted by atomic mass is 10.1. The number of anilines is 1. The zero-order valence-corrected chi connectivity index (χ0v) is 8.17. The highest BCUT2D eigenvalue weighted by Gasteiger charge is 1.97. The van der Waals surface area contributed by atoms with Crippen molar-refractivity contribution in [2.24, 2.45) is 5.90 Å². The zero-order valence-electron chi connectivity index (χ0n) is 6.59. The molecule has 1 aromatic carbocycles. The quantitative estimate of drug-likeness (QED) is 0.611. The third-order valence-corrected chi connectivity index (χ3v) is 2.29. The van der Waals surface area contributed by atoms with E-state index in [4.69, 9.17) is 11.6 Å². The van der Waals surface area contributed by atoms with Gasteiger partial charge in [-0.2, -0.15) is 0 Å². The lowest BCUT2D eigenvalue weighted by Gasteiger charge is -2.02. The number of rotatable bonds is 3. The van der Waals surface area contributed by atoms with E-state index in [9.17, 15) is 0 Å². The minimum atomic E-state index is 0.515. The summed E-state index contributed by atoms with van der Waals surface area (Å²) in [5.41, 5.74) is 7.54. The second-order valence-electron chi connectivity index (χ2n) is 2.48. The Kier molecular flexibility index (Phi) is 3.52. The van der Waals surface area contributed by atoms with Crippen LogP contribution in [0.1, 0.15) is 5.56 Å². The van der Waals surface area contributed by atoms with Gasteiger partial charge in [0.05, 0.1) is 6.61 Å². The van der Waals surface area contributed by atoms with Gasteiger partial charge in [-0.1, -0.05) is 6.07 Å². The molecule has 0 heterocycles. The van der Waals surface area contributed by atoms with Gasteiger partial charge in [-0.05, 0) is 40.0 Å². The van der Waals surface area contributed by atoms with Crippen LogP contribution in [0.5, 0.6) is 0 Å². The van der Waals surface area contributed by atoms with Crippen molar-refractivity contribution in [2.45, 2.75) is 6.42 Å². The Morgan fingerprint density at radius 3 is 2.75 bits per heavy atom. The van der Waals surface area contributed by atoms with Gasteiger partial charge in [-0.25, -0.2) is 5.90 Å². The van der Waals surface area contributed by atoms with Crippen LogP contribution in [-0.4, -0.2) is 6.61 Å². The molecule has 0 aliphatic rings. The number of halogens is 1. The maximum Gasteiger partial charge on any atom is 0.0719 e. The molecule has 0 bridgehead atoms. The predicted molar refractivity (Wildman–Crippen MR) is 52.4 cm³/mol. The van der Waals surface area contributed by atoms with E-state index in [1.807, 2.05) is 18.2 Å². The van der Waals surface area contributed by atoms with Crippen molar-refractivity contribution < 1.29 is 4.84 Å². The van der Waals surface area contributed by atoms with Crippen LogP contribution in [0.15, 0.2) is 22.7 Å². The van der Waals surface area contributed by atoms with Gasteiger partial charge >= 0.3 is 0 Å². The summed E-state index contributed by atoms with van der Waals surface area (Å²) in [7, 11) is 0. The van der Waals surface area contributed by atoms with Gasteiger partial charge in [-0.3, -0.25) is 0 Å². The van der Waals surface area contributed by atoms with E-state index in [0.717, 1.165) is 22.1 Å². The minimum absolute atomic E-state index is 0.515. The summed E-state index contributed by atoms with van der Waals surface area (Å²) in [4.78, 5) is 4.46. The van der Waals surface area contributed by atoms with Crippen molar-refractivity contribution in [2.75, 3.05) is 12.3 Å². The van der Waals surface area contributed by atoms with E-state index in [-0.39, 0.29) is 0 Å². The monoisotopic (exact) mass is 230 g/mol. The normalized spacial score (nSPS) is 10.2. The second-order valence-corrected chi connectivity index (χ2v) is 3.33. The highest BCUT2D eigenvalue weighted by molar-refractivity contribution is 9.10. The van der Waals surface area contributed by atoms with E-state index in [1.165, 1.54) is 0 Å². The van der Waals surface area contributed by atoms with Crippen LogP contribution in [-0.2, 0) is 11.3 Å². The van der Waals surface area contributed by atoms with Crippen molar-refractivity contribution in [3.8, 4) is 0 Å². The van der Waals surface area contributed by atoms with Gasteiger partial charge in [0.1, 0.15) is 0 Å². The van der Waals surface area contributed by atoms with Gasteiger partial charge in [0.25, 0.3) is 0 Å². The van der Waals surface area contributed by atoms with E-state index in [2.05, 4.69) is 20.8 Å². The summed E-state index contributed by atoms with van der Waals surface area (Å²) in [5, 5.41) is 0. The average molecular weight is 231 g/mol. The Morgan fingerprint density at radius 2 is 2.17 bits per heavy atom. The fourth-order valence-corrected chi connectivity index (χ4v) is 1.17. The Balaban J connectivity index is 2.69. The molecular weight excluding hydrogens is 220 g/mol. The molecule has 0 atom stereocenters. The third kappa shape index (κ3) is 2.48. The maximum atomic E-state index is 5.67. The number of hydrogen-bond donors (Lipinski definition) is 2. The first-order valence-electron chi connectivity index (χ1n) is 3.59. The van der Waals surface area contributed by atoms with E-state index in [1.54, 1.807) is 0 Å². The van der Waals surface area contributed by atoms with Crippen LogP contribution in [0.25, 0.3) is 0 Å². The Hall–Kier alpha value is -0.580. The molecule has 66 valence electrons. The van der Waals surface area contributed by atoms with Crippen LogP contribution >= 0.6 is 15.9 Å². The molecule has 0 unspecified atom stereocenters. The molecular formula is C8H11BrN2O. The Labute approximate surface area is 79.8 Å². The summed E-state index contributed by atoms with van der Waals surface area (Å²) < 4.78 is 0.917. The number of nitrogens with two attached hydrogens (primary N) is 2. The van der Waals surface area contributed by atoms with Crippen LogP contribution in [0, 0.1) is 0 Å². The molecule has 1 rings (SSSR count). The fourth-order valence-electron chi connectivity index (χ4n) is 0.925. The molecule has 1 aromatic rings. The van der Waals surface area contributed by atoms with E-state index in [0.29, 0.717) is 6.61 Å². The molecule has 4 heteroatoms. The van der Waals surface area contributed by atoms with Crippen molar-refractivity contribution >= 4 is 21.6 Å². The van der Waals surface area contributed by atoms with E-state index < -0.39 is 0 Å². The highest BCUT2D eigenvalue weighted by atomic mass is 79.9. The standard InChI is InChI=1S/C8H11BrN2O/c9-7-2-1-6(3-4-12-11)5-8(7)10/h1-2,5H,3-4,10-11H2. The molecule has 0 amide bonds. The summed E-state index contributed by atoms with van der Waals surface area (Å²) in [5.74, 6) is 4.90. The lowest BCUT2D eigenvalue weighted by molar-refractivity contribution is 0.141. The molecule has 0 fully saturated rings. The van der Waals surface area contributed by atoms with Crippen molar-refractivity contribution in [3.63, 3.8) is 0 Å². The van der Waals surface area contributed by atoms with Crippen LogP contribution in [0.3, 0.4) is 0 Å². The molecule has 3 nitrogen and oxygen atoms in total.